The number of carbonyl (C=O) groups is 2. The number of benzene rings is 3. The van der Waals surface area contributed by atoms with Crippen molar-refractivity contribution in [3.8, 4) is 0 Å². The Morgan fingerprint density at radius 2 is 1.47 bits per heavy atom. The highest BCUT2D eigenvalue weighted by molar-refractivity contribution is 6.39. The van der Waals surface area contributed by atoms with Crippen molar-refractivity contribution in [2.45, 2.75) is 25.8 Å². The van der Waals surface area contributed by atoms with E-state index in [1.54, 1.807) is 0 Å². The molecule has 0 fully saturated rings. The molecule has 0 unspecified atom stereocenters. The monoisotopic (exact) mass is 450 g/mol. The first-order chi connectivity index (χ1) is 16.6. The normalized spacial score (nSPS) is 13.2. The molecule has 0 aliphatic carbocycles. The molecule has 1 N–H and O–H groups in total. The molecule has 2 amide bonds. The lowest BCUT2D eigenvalue weighted by atomic mass is 9.96. The SMILES string of the molecule is Cn1c2ccccc2c2c3c(c4c5ccccc5n(CCCCCN=[N+]=[N-])c4c21)C(=O)NC3=O. The lowest BCUT2D eigenvalue weighted by molar-refractivity contribution is 0.0880. The molecule has 0 saturated carbocycles. The van der Waals surface area contributed by atoms with Crippen LogP contribution in [0.2, 0.25) is 0 Å². The van der Waals surface area contributed by atoms with E-state index in [-0.39, 0.29) is 11.8 Å². The van der Waals surface area contributed by atoms with Crippen molar-refractivity contribution in [2.75, 3.05) is 6.54 Å². The number of amides is 2. The van der Waals surface area contributed by atoms with Gasteiger partial charge in [0.2, 0.25) is 0 Å². The fraction of sp³-hybridized carbons (Fsp3) is 0.231. The zero-order valence-corrected chi connectivity index (χ0v) is 18.7. The molecule has 0 radical (unpaired) electrons. The number of nitrogens with zero attached hydrogens (tertiary/aromatic N) is 5. The van der Waals surface area contributed by atoms with Crippen molar-refractivity contribution in [1.82, 2.24) is 14.5 Å². The highest BCUT2D eigenvalue weighted by atomic mass is 16.2. The lowest BCUT2D eigenvalue weighted by Gasteiger charge is -2.11. The van der Waals surface area contributed by atoms with Gasteiger partial charge < -0.3 is 9.13 Å². The van der Waals surface area contributed by atoms with Gasteiger partial charge in [-0.3, -0.25) is 14.9 Å². The number of rotatable bonds is 6. The van der Waals surface area contributed by atoms with E-state index >= 15 is 0 Å². The topological polar surface area (TPSA) is 105 Å². The predicted molar refractivity (Wildman–Crippen MR) is 133 cm³/mol. The van der Waals surface area contributed by atoms with Crippen LogP contribution in [0.5, 0.6) is 0 Å². The minimum Gasteiger partial charge on any atom is -0.342 e. The van der Waals surface area contributed by atoms with Crippen LogP contribution >= 0.6 is 0 Å². The van der Waals surface area contributed by atoms with Crippen LogP contribution in [0.4, 0.5) is 0 Å². The highest BCUT2D eigenvalue weighted by Crippen LogP contribution is 2.44. The summed E-state index contributed by atoms with van der Waals surface area (Å²) in [5.41, 5.74) is 13.5. The Morgan fingerprint density at radius 3 is 2.18 bits per heavy atom. The Kier molecular flexibility index (Phi) is 4.57. The summed E-state index contributed by atoms with van der Waals surface area (Å²) < 4.78 is 4.43. The molecule has 168 valence electrons. The molecule has 1 aliphatic rings. The Labute approximate surface area is 194 Å². The van der Waals surface area contributed by atoms with Gasteiger partial charge in [0.15, 0.2) is 0 Å². The number of hydrogen-bond acceptors (Lipinski definition) is 3. The van der Waals surface area contributed by atoms with Crippen molar-refractivity contribution < 1.29 is 9.59 Å². The molecule has 34 heavy (non-hydrogen) atoms. The molecule has 8 nitrogen and oxygen atoms in total. The number of azide groups is 1. The molecule has 2 aromatic heterocycles. The van der Waals surface area contributed by atoms with Crippen molar-refractivity contribution in [3.05, 3.63) is 70.1 Å². The van der Waals surface area contributed by atoms with Gasteiger partial charge in [-0.05, 0) is 30.5 Å². The first-order valence-electron chi connectivity index (χ1n) is 11.4. The van der Waals surface area contributed by atoms with E-state index in [2.05, 4.69) is 30.5 Å². The summed E-state index contributed by atoms with van der Waals surface area (Å²) in [5, 5.41) is 9.79. The molecule has 5 aromatic rings. The smallest absolute Gasteiger partial charge is 0.259 e. The average Bonchev–Trinajstić information content (AvgIpc) is 3.44. The maximum absolute atomic E-state index is 13.1. The number of nitrogens with one attached hydrogen (secondary N) is 1. The van der Waals surface area contributed by atoms with Crippen LogP contribution in [0.3, 0.4) is 0 Å². The molecule has 0 bridgehead atoms. The average molecular weight is 451 g/mol. The van der Waals surface area contributed by atoms with E-state index in [0.29, 0.717) is 17.7 Å². The number of hydrogen-bond donors (Lipinski definition) is 1. The Hall–Kier alpha value is -4.29. The van der Waals surface area contributed by atoms with Gasteiger partial charge in [-0.15, -0.1) is 0 Å². The highest BCUT2D eigenvalue weighted by Gasteiger charge is 2.36. The van der Waals surface area contributed by atoms with Crippen LogP contribution in [0.1, 0.15) is 40.0 Å². The molecule has 8 heteroatoms. The second kappa shape index (κ2) is 7.64. The van der Waals surface area contributed by atoms with Gasteiger partial charge in [0, 0.05) is 57.6 Å². The summed E-state index contributed by atoms with van der Waals surface area (Å²) in [7, 11) is 2.02. The number of imide groups is 1. The van der Waals surface area contributed by atoms with Gasteiger partial charge in [-0.1, -0.05) is 47.9 Å². The third-order valence-electron chi connectivity index (χ3n) is 6.94. The summed E-state index contributed by atoms with van der Waals surface area (Å²) >= 11 is 0. The number of fused-ring (bicyclic) bond motifs is 10. The predicted octanol–water partition coefficient (Wildman–Crippen LogP) is 5.80. The Balaban J connectivity index is 1.72. The largest absolute Gasteiger partial charge is 0.342 e. The first kappa shape index (κ1) is 20.3. The van der Waals surface area contributed by atoms with Crippen molar-refractivity contribution >= 4 is 55.4 Å². The lowest BCUT2D eigenvalue weighted by Crippen LogP contribution is -2.20. The zero-order chi connectivity index (χ0) is 23.4. The van der Waals surface area contributed by atoms with E-state index in [1.165, 1.54) is 0 Å². The minimum absolute atomic E-state index is 0.335. The summed E-state index contributed by atoms with van der Waals surface area (Å²) in [6, 6.07) is 16.1. The summed E-state index contributed by atoms with van der Waals surface area (Å²) in [6.45, 7) is 1.25. The summed E-state index contributed by atoms with van der Waals surface area (Å²) in [6.07, 6.45) is 2.66. The quantitative estimate of drug-likeness (QED) is 0.116. The first-order valence-corrected chi connectivity index (χ1v) is 11.4. The molecule has 0 saturated heterocycles. The molecular formula is C26H22N6O2. The Morgan fingerprint density at radius 1 is 0.853 bits per heavy atom. The summed E-state index contributed by atoms with van der Waals surface area (Å²) in [5.74, 6) is -0.671. The van der Waals surface area contributed by atoms with Crippen LogP contribution in [0, 0.1) is 0 Å². The standard InChI is InChI=1S/C26H22N6O2/c1-31-17-11-5-3-9-15(17)19-21-22(26(34)29-25(21)33)20-16-10-4-6-12-18(16)32(24(20)23(19)31)14-8-2-7-13-28-30-27/h3-6,9-12H,2,7-8,13-14H2,1H3,(H,29,33,34). The van der Waals surface area contributed by atoms with Crippen LogP contribution < -0.4 is 5.32 Å². The van der Waals surface area contributed by atoms with Crippen LogP contribution in [0.25, 0.3) is 54.1 Å². The number of aromatic nitrogens is 2. The summed E-state index contributed by atoms with van der Waals surface area (Å²) in [4.78, 5) is 29.0. The van der Waals surface area contributed by atoms with E-state index in [4.69, 9.17) is 5.53 Å². The molecule has 3 heterocycles. The van der Waals surface area contributed by atoms with Gasteiger partial charge in [0.1, 0.15) is 0 Å². The maximum Gasteiger partial charge on any atom is 0.259 e. The molecule has 0 spiro atoms. The fourth-order valence-corrected chi connectivity index (χ4v) is 5.56. The van der Waals surface area contributed by atoms with Gasteiger partial charge >= 0.3 is 0 Å². The third kappa shape index (κ3) is 2.69. The van der Waals surface area contributed by atoms with Crippen molar-refractivity contribution in [2.24, 2.45) is 12.2 Å². The number of aryl methyl sites for hydroxylation is 2. The van der Waals surface area contributed by atoms with E-state index in [9.17, 15) is 9.59 Å². The van der Waals surface area contributed by atoms with Crippen LogP contribution in [-0.4, -0.2) is 27.5 Å². The second-order valence-corrected chi connectivity index (χ2v) is 8.74. The van der Waals surface area contributed by atoms with E-state index in [1.807, 2.05) is 49.5 Å². The van der Waals surface area contributed by atoms with Crippen LogP contribution in [-0.2, 0) is 13.6 Å². The number of carbonyl (C=O) groups excluding carboxylic acids is 2. The Bertz CT molecular complexity index is 1720. The van der Waals surface area contributed by atoms with E-state index in [0.717, 1.165) is 69.4 Å². The number of unbranched alkanes of at least 4 members (excludes halogenated alkanes) is 2. The fourth-order valence-electron chi connectivity index (χ4n) is 5.56. The van der Waals surface area contributed by atoms with Crippen molar-refractivity contribution in [3.63, 3.8) is 0 Å². The van der Waals surface area contributed by atoms with Gasteiger partial charge in [-0.2, -0.15) is 0 Å². The molecule has 0 atom stereocenters. The van der Waals surface area contributed by atoms with Crippen LogP contribution in [0.15, 0.2) is 53.6 Å². The van der Waals surface area contributed by atoms with Gasteiger partial charge in [0.05, 0.1) is 22.2 Å². The number of para-hydroxylation sites is 2. The molecule has 3 aromatic carbocycles. The van der Waals surface area contributed by atoms with E-state index < -0.39 is 0 Å². The third-order valence-corrected chi connectivity index (χ3v) is 6.94. The zero-order valence-electron chi connectivity index (χ0n) is 18.7. The van der Waals surface area contributed by atoms with Gasteiger partial charge in [-0.25, -0.2) is 0 Å². The maximum atomic E-state index is 13.1. The van der Waals surface area contributed by atoms with Crippen molar-refractivity contribution in [1.29, 1.82) is 0 Å². The molecular weight excluding hydrogens is 428 g/mol. The second-order valence-electron chi connectivity index (χ2n) is 8.74. The molecule has 6 rings (SSSR count). The minimum atomic E-state index is -0.336. The molecule has 1 aliphatic heterocycles. The van der Waals surface area contributed by atoms with Gasteiger partial charge in [0.25, 0.3) is 11.8 Å².